The smallest absolute Gasteiger partial charge is 0.335 e. The topological polar surface area (TPSA) is 193 Å². The van der Waals surface area contributed by atoms with Crippen LogP contribution in [0.2, 0.25) is 0 Å². The lowest BCUT2D eigenvalue weighted by atomic mass is 10.1. The van der Waals surface area contributed by atoms with E-state index in [9.17, 15) is 24.3 Å². The molecular formula is C44H46N4O7S4. The summed E-state index contributed by atoms with van der Waals surface area (Å²) in [6, 6.07) is 30.2. The first-order chi connectivity index (χ1) is 28.5. The number of phenolic OH excluding ortho intramolecular Hbond substituents is 2. The Hall–Kier alpha value is -5.32. The van der Waals surface area contributed by atoms with Crippen LogP contribution in [0.1, 0.15) is 43.6 Å². The molecular weight excluding hydrogens is 825 g/mol. The number of carbonyl (C=O) groups excluding carboxylic acids is 3. The lowest BCUT2D eigenvalue weighted by molar-refractivity contribution is -0.120. The number of aromatic hydroxyl groups is 2. The van der Waals surface area contributed by atoms with E-state index in [1.807, 2.05) is 83.9 Å². The van der Waals surface area contributed by atoms with Gasteiger partial charge in [-0.15, -0.1) is 22.7 Å². The van der Waals surface area contributed by atoms with E-state index in [1.54, 1.807) is 23.5 Å². The SMILES string of the molecule is CSCC[C@H](N)C(=O)Cc1nc(-c2ccccc2)cs1.CSCC[C@H](NC(=O)c1ccc(O)cc1)C(=O)Cc1nc(-c2ccccc2)cs1.O=C(O)c1ccc(O)cc1. The molecule has 0 aliphatic carbocycles. The van der Waals surface area contributed by atoms with E-state index >= 15 is 0 Å². The third kappa shape index (κ3) is 15.8. The van der Waals surface area contributed by atoms with Crippen molar-refractivity contribution in [2.75, 3.05) is 24.0 Å². The summed E-state index contributed by atoms with van der Waals surface area (Å²) in [4.78, 5) is 56.7. The molecule has 11 nitrogen and oxygen atoms in total. The summed E-state index contributed by atoms with van der Waals surface area (Å²) in [5.41, 5.74) is 10.3. The molecule has 59 heavy (non-hydrogen) atoms. The van der Waals surface area contributed by atoms with Gasteiger partial charge in [-0.2, -0.15) is 23.5 Å². The minimum Gasteiger partial charge on any atom is -0.508 e. The summed E-state index contributed by atoms with van der Waals surface area (Å²) in [7, 11) is 0. The Morgan fingerprint density at radius 1 is 0.644 bits per heavy atom. The molecule has 0 aliphatic rings. The van der Waals surface area contributed by atoms with Gasteiger partial charge >= 0.3 is 5.97 Å². The Labute approximate surface area is 360 Å². The number of nitrogens with two attached hydrogens (primary N) is 1. The second kappa shape index (κ2) is 24.6. The van der Waals surface area contributed by atoms with Gasteiger partial charge in [-0.05, 0) is 85.4 Å². The number of phenols is 2. The van der Waals surface area contributed by atoms with Crippen LogP contribution in [0.5, 0.6) is 11.5 Å². The first-order valence-electron chi connectivity index (χ1n) is 18.4. The van der Waals surface area contributed by atoms with Crippen LogP contribution < -0.4 is 11.1 Å². The summed E-state index contributed by atoms with van der Waals surface area (Å²) < 4.78 is 0. The van der Waals surface area contributed by atoms with Crippen molar-refractivity contribution in [2.24, 2.45) is 5.73 Å². The number of thiazole rings is 2. The second-order valence-corrected chi connectivity index (χ2v) is 16.7. The average molecular weight is 871 g/mol. The van der Waals surface area contributed by atoms with Gasteiger partial charge in [0.05, 0.1) is 41.9 Å². The van der Waals surface area contributed by atoms with Gasteiger partial charge in [0.1, 0.15) is 21.5 Å². The van der Waals surface area contributed by atoms with E-state index in [2.05, 4.69) is 15.3 Å². The van der Waals surface area contributed by atoms with Gasteiger partial charge in [-0.25, -0.2) is 14.8 Å². The van der Waals surface area contributed by atoms with Gasteiger partial charge in [-0.3, -0.25) is 14.4 Å². The van der Waals surface area contributed by atoms with E-state index < -0.39 is 12.0 Å². The van der Waals surface area contributed by atoms with Crippen molar-refractivity contribution >= 4 is 69.6 Å². The van der Waals surface area contributed by atoms with E-state index in [0.717, 1.165) is 50.5 Å². The summed E-state index contributed by atoms with van der Waals surface area (Å²) in [6.45, 7) is 0. The van der Waals surface area contributed by atoms with Gasteiger partial charge in [0.25, 0.3) is 5.91 Å². The molecule has 0 aliphatic heterocycles. The number of carboxylic acids is 1. The molecule has 2 aromatic heterocycles. The van der Waals surface area contributed by atoms with Crippen LogP contribution in [0.25, 0.3) is 22.5 Å². The molecule has 0 fully saturated rings. The number of ketones is 2. The molecule has 4 aromatic carbocycles. The van der Waals surface area contributed by atoms with Crippen molar-refractivity contribution in [2.45, 2.75) is 37.8 Å². The maximum atomic E-state index is 12.9. The fraction of sp³-hybridized carbons (Fsp3) is 0.227. The Morgan fingerprint density at radius 3 is 1.54 bits per heavy atom. The van der Waals surface area contributed by atoms with Crippen molar-refractivity contribution in [3.8, 4) is 34.0 Å². The molecule has 2 atom stereocenters. The highest BCUT2D eigenvalue weighted by Gasteiger charge is 2.23. The molecule has 0 radical (unpaired) electrons. The molecule has 0 saturated heterocycles. The zero-order valence-corrected chi connectivity index (χ0v) is 35.8. The number of carboxylic acid groups (broad SMARTS) is 1. The Balaban J connectivity index is 0.000000220. The molecule has 6 rings (SSSR count). The largest absolute Gasteiger partial charge is 0.508 e. The molecule has 308 valence electrons. The number of amides is 1. The summed E-state index contributed by atoms with van der Waals surface area (Å²) in [5, 5.41) is 34.9. The molecule has 1 amide bonds. The van der Waals surface area contributed by atoms with E-state index in [0.29, 0.717) is 18.4 Å². The monoisotopic (exact) mass is 870 g/mol. The Morgan fingerprint density at radius 2 is 1.08 bits per heavy atom. The van der Waals surface area contributed by atoms with Crippen LogP contribution in [0.3, 0.4) is 0 Å². The van der Waals surface area contributed by atoms with Crippen molar-refractivity contribution in [1.82, 2.24) is 15.3 Å². The van der Waals surface area contributed by atoms with Crippen molar-refractivity contribution < 1.29 is 34.5 Å². The molecule has 2 heterocycles. The van der Waals surface area contributed by atoms with Crippen LogP contribution in [0, 0.1) is 0 Å². The number of hydrogen-bond donors (Lipinski definition) is 5. The summed E-state index contributed by atoms with van der Waals surface area (Å²) in [6.07, 6.45) is 5.80. The van der Waals surface area contributed by atoms with Crippen LogP contribution in [-0.2, 0) is 22.4 Å². The third-order valence-corrected chi connectivity index (χ3v) is 11.5. The summed E-state index contributed by atoms with van der Waals surface area (Å²) >= 11 is 6.31. The standard InChI is InChI=1S/C22H22N2O3S2.C15H18N2OS2.C7H6O3/c1-28-12-11-18(24-22(27)16-7-9-17(25)10-8-16)20(26)13-21-23-19(14-29-21)15-5-3-2-4-6-15;1-19-8-7-12(16)14(18)9-15-17-13(10-20-15)11-5-3-2-4-6-11;8-6-3-1-5(2-4-6)7(9)10/h2-10,14,18,25H,11-13H2,1H3,(H,24,27);2-6,10,12H,7-9,16H2,1H3;1-4,8H,(H,9,10)/t18-;12-;/m00./s1. The Kier molecular flexibility index (Phi) is 19.3. The molecule has 6 N–H and O–H groups in total. The minimum atomic E-state index is -0.986. The van der Waals surface area contributed by atoms with Crippen molar-refractivity contribution in [3.63, 3.8) is 0 Å². The number of nitrogens with zero attached hydrogens (tertiary/aromatic N) is 2. The first-order valence-corrected chi connectivity index (χ1v) is 22.9. The zero-order chi connectivity index (χ0) is 42.6. The van der Waals surface area contributed by atoms with Crippen molar-refractivity contribution in [1.29, 1.82) is 0 Å². The highest BCUT2D eigenvalue weighted by molar-refractivity contribution is 7.98. The van der Waals surface area contributed by atoms with E-state index in [-0.39, 0.29) is 47.0 Å². The predicted octanol–water partition coefficient (Wildman–Crippen LogP) is 8.27. The molecule has 15 heteroatoms. The predicted molar refractivity (Wildman–Crippen MR) is 241 cm³/mol. The maximum absolute atomic E-state index is 12.9. The first kappa shape index (κ1) is 46.4. The number of aromatic carboxylic acids is 1. The minimum absolute atomic E-state index is 0.0554. The van der Waals surface area contributed by atoms with E-state index in [4.69, 9.17) is 15.9 Å². The number of rotatable bonds is 17. The zero-order valence-electron chi connectivity index (χ0n) is 32.5. The molecule has 0 spiro atoms. The maximum Gasteiger partial charge on any atom is 0.335 e. The number of aromatic nitrogens is 2. The molecule has 0 saturated carbocycles. The number of nitrogens with one attached hydrogen (secondary N) is 1. The van der Waals surface area contributed by atoms with Gasteiger partial charge < -0.3 is 26.4 Å². The summed E-state index contributed by atoms with van der Waals surface area (Å²) in [5.74, 6) is 0.556. The van der Waals surface area contributed by atoms with E-state index in [1.165, 1.54) is 71.2 Å². The van der Waals surface area contributed by atoms with Crippen LogP contribution >= 0.6 is 46.2 Å². The van der Waals surface area contributed by atoms with Gasteiger partial charge in [-0.1, -0.05) is 60.7 Å². The lowest BCUT2D eigenvalue weighted by Gasteiger charge is -2.17. The fourth-order valence-corrected chi connectivity index (χ4v) is 7.82. The number of benzene rings is 4. The lowest BCUT2D eigenvalue weighted by Crippen LogP contribution is -2.42. The second-order valence-electron chi connectivity index (χ2n) is 12.9. The number of Topliss-reactive ketones (excluding diaryl/α,β-unsaturated/α-hetero) is 2. The van der Waals surface area contributed by atoms with Crippen LogP contribution in [0.15, 0.2) is 120 Å². The fourth-order valence-electron chi connectivity index (χ4n) is 5.23. The van der Waals surface area contributed by atoms with Gasteiger partial charge in [0.2, 0.25) is 0 Å². The number of thioether (sulfide) groups is 2. The quantitative estimate of drug-likeness (QED) is 0.0590. The number of hydrogen-bond acceptors (Lipinski definition) is 13. The normalized spacial score (nSPS) is 11.5. The number of carbonyl (C=O) groups is 4. The molecule has 0 bridgehead atoms. The van der Waals surface area contributed by atoms with Gasteiger partial charge in [0.15, 0.2) is 11.6 Å². The molecule has 6 aromatic rings. The highest BCUT2D eigenvalue weighted by atomic mass is 32.2. The van der Waals surface area contributed by atoms with Crippen molar-refractivity contribution in [3.05, 3.63) is 141 Å². The van der Waals surface area contributed by atoms with Crippen LogP contribution in [-0.4, -0.2) is 84.8 Å². The van der Waals surface area contributed by atoms with Crippen LogP contribution in [0.4, 0.5) is 0 Å². The molecule has 0 unspecified atom stereocenters. The third-order valence-electron chi connectivity index (χ3n) is 8.49. The Bertz CT molecular complexity index is 2220. The van der Waals surface area contributed by atoms with Gasteiger partial charge in [0, 0.05) is 27.5 Å². The average Bonchev–Trinajstić information content (AvgIpc) is 3.93. The highest BCUT2D eigenvalue weighted by Crippen LogP contribution is 2.24.